The standard InChI is InChI=1S/C13H12ClN3O3/c14-9-2-1-3-10(8-9)20-7-6-15-13(19)11-4-5-12(18)17-16-11/h1-5,8H,6-7H2,(H,15,19)(H,17,18). The number of aromatic nitrogens is 2. The van der Waals surface area contributed by atoms with Crippen molar-refractivity contribution in [3.8, 4) is 5.75 Å². The van der Waals surface area contributed by atoms with E-state index in [2.05, 4.69) is 15.5 Å². The number of rotatable bonds is 5. The van der Waals surface area contributed by atoms with Gasteiger partial charge >= 0.3 is 0 Å². The number of benzene rings is 1. The second-order valence-electron chi connectivity index (χ2n) is 3.87. The molecular formula is C13H12ClN3O3. The monoisotopic (exact) mass is 293 g/mol. The minimum Gasteiger partial charge on any atom is -0.492 e. The number of carbonyl (C=O) groups excluding carboxylic acids is 1. The van der Waals surface area contributed by atoms with E-state index in [1.165, 1.54) is 12.1 Å². The van der Waals surface area contributed by atoms with Gasteiger partial charge in [-0.3, -0.25) is 9.59 Å². The minimum absolute atomic E-state index is 0.146. The molecule has 20 heavy (non-hydrogen) atoms. The van der Waals surface area contributed by atoms with E-state index in [4.69, 9.17) is 16.3 Å². The van der Waals surface area contributed by atoms with Gasteiger partial charge in [0.1, 0.15) is 18.1 Å². The van der Waals surface area contributed by atoms with Crippen molar-refractivity contribution in [2.45, 2.75) is 0 Å². The molecule has 7 heteroatoms. The normalized spacial score (nSPS) is 10.1. The van der Waals surface area contributed by atoms with Gasteiger partial charge in [-0.05, 0) is 24.3 Å². The molecule has 0 saturated heterocycles. The molecule has 2 aromatic rings. The van der Waals surface area contributed by atoms with Gasteiger partial charge in [-0.15, -0.1) is 0 Å². The van der Waals surface area contributed by atoms with E-state index in [1.54, 1.807) is 24.3 Å². The van der Waals surface area contributed by atoms with Gasteiger partial charge in [-0.25, -0.2) is 5.10 Å². The molecule has 0 bridgehead atoms. The second kappa shape index (κ2) is 6.72. The van der Waals surface area contributed by atoms with Crippen LogP contribution in [0.2, 0.25) is 5.02 Å². The highest BCUT2D eigenvalue weighted by atomic mass is 35.5. The summed E-state index contributed by atoms with van der Waals surface area (Å²) in [4.78, 5) is 22.5. The SMILES string of the molecule is O=C(NCCOc1cccc(Cl)c1)c1ccc(=O)[nH]n1. The fraction of sp³-hybridized carbons (Fsp3) is 0.154. The topological polar surface area (TPSA) is 84.1 Å². The van der Waals surface area contributed by atoms with Crippen molar-refractivity contribution in [1.82, 2.24) is 15.5 Å². The Morgan fingerprint density at radius 2 is 2.20 bits per heavy atom. The molecule has 0 saturated carbocycles. The first-order chi connectivity index (χ1) is 9.65. The van der Waals surface area contributed by atoms with Gasteiger partial charge in [0.05, 0.1) is 6.54 Å². The molecule has 0 unspecified atom stereocenters. The third-order valence-corrected chi connectivity index (χ3v) is 2.60. The summed E-state index contributed by atoms with van der Waals surface area (Å²) in [5.74, 6) is 0.254. The van der Waals surface area contributed by atoms with Gasteiger partial charge in [0.15, 0.2) is 0 Å². The van der Waals surface area contributed by atoms with E-state index in [0.717, 1.165) is 0 Å². The summed E-state index contributed by atoms with van der Waals surface area (Å²) in [6, 6.07) is 9.58. The number of amides is 1. The lowest BCUT2D eigenvalue weighted by molar-refractivity contribution is 0.0941. The molecule has 0 fully saturated rings. The largest absolute Gasteiger partial charge is 0.492 e. The van der Waals surface area contributed by atoms with Crippen molar-refractivity contribution in [3.63, 3.8) is 0 Å². The number of ether oxygens (including phenoxy) is 1. The molecule has 1 amide bonds. The van der Waals surface area contributed by atoms with E-state index in [0.29, 0.717) is 23.9 Å². The molecule has 0 aliphatic carbocycles. The molecule has 1 aromatic carbocycles. The molecule has 2 N–H and O–H groups in total. The second-order valence-corrected chi connectivity index (χ2v) is 4.30. The Labute approximate surface area is 119 Å². The molecular weight excluding hydrogens is 282 g/mol. The van der Waals surface area contributed by atoms with Gasteiger partial charge in [0.2, 0.25) is 0 Å². The van der Waals surface area contributed by atoms with E-state index < -0.39 is 0 Å². The van der Waals surface area contributed by atoms with Gasteiger partial charge < -0.3 is 10.1 Å². The number of hydrogen-bond donors (Lipinski definition) is 2. The lowest BCUT2D eigenvalue weighted by atomic mass is 10.3. The quantitative estimate of drug-likeness (QED) is 0.812. The van der Waals surface area contributed by atoms with Crippen LogP contribution in [-0.2, 0) is 0 Å². The summed E-state index contributed by atoms with van der Waals surface area (Å²) in [5, 5.41) is 9.02. The van der Waals surface area contributed by atoms with Crippen molar-refractivity contribution in [1.29, 1.82) is 0 Å². The molecule has 1 heterocycles. The number of H-pyrrole nitrogens is 1. The molecule has 0 spiro atoms. The Morgan fingerprint density at radius 3 is 2.90 bits per heavy atom. The van der Waals surface area contributed by atoms with Crippen molar-refractivity contribution in [3.05, 3.63) is 57.5 Å². The van der Waals surface area contributed by atoms with Gasteiger partial charge in [0.25, 0.3) is 11.5 Å². The summed E-state index contributed by atoms with van der Waals surface area (Å²) in [6.45, 7) is 0.613. The minimum atomic E-state index is -0.379. The summed E-state index contributed by atoms with van der Waals surface area (Å²) >= 11 is 5.81. The van der Waals surface area contributed by atoms with Gasteiger partial charge in [-0.1, -0.05) is 17.7 Å². The van der Waals surface area contributed by atoms with Crippen LogP contribution >= 0.6 is 11.6 Å². The average molecular weight is 294 g/mol. The van der Waals surface area contributed by atoms with E-state index >= 15 is 0 Å². The number of hydrogen-bond acceptors (Lipinski definition) is 4. The van der Waals surface area contributed by atoms with Crippen LogP contribution in [0.25, 0.3) is 0 Å². The van der Waals surface area contributed by atoms with E-state index in [-0.39, 0.29) is 17.2 Å². The fourth-order valence-electron chi connectivity index (χ4n) is 1.45. The van der Waals surface area contributed by atoms with Crippen LogP contribution in [0.3, 0.4) is 0 Å². The van der Waals surface area contributed by atoms with E-state index in [9.17, 15) is 9.59 Å². The highest BCUT2D eigenvalue weighted by Crippen LogP contribution is 2.16. The molecule has 0 aliphatic heterocycles. The van der Waals surface area contributed by atoms with Gasteiger partial charge in [-0.2, -0.15) is 5.10 Å². The number of halogens is 1. The Kier molecular flexibility index (Phi) is 4.73. The Balaban J connectivity index is 1.77. The number of nitrogens with one attached hydrogen (secondary N) is 2. The van der Waals surface area contributed by atoms with Crippen LogP contribution < -0.4 is 15.6 Å². The maximum atomic E-state index is 11.6. The fourth-order valence-corrected chi connectivity index (χ4v) is 1.63. The zero-order chi connectivity index (χ0) is 14.4. The summed E-state index contributed by atoms with van der Waals surface area (Å²) < 4.78 is 5.41. The van der Waals surface area contributed by atoms with Crippen LogP contribution in [-0.4, -0.2) is 29.3 Å². The smallest absolute Gasteiger partial charge is 0.271 e. The van der Waals surface area contributed by atoms with E-state index in [1.807, 2.05) is 0 Å². The predicted octanol–water partition coefficient (Wildman–Crippen LogP) is 1.23. The lowest BCUT2D eigenvalue weighted by Gasteiger charge is -2.07. The molecule has 0 aliphatic rings. The zero-order valence-electron chi connectivity index (χ0n) is 10.4. The van der Waals surface area contributed by atoms with Gasteiger partial charge in [0, 0.05) is 11.1 Å². The molecule has 2 rings (SSSR count). The first-order valence-corrected chi connectivity index (χ1v) is 6.25. The number of nitrogens with zero attached hydrogens (tertiary/aromatic N) is 1. The first kappa shape index (κ1) is 14.1. The number of aromatic amines is 1. The zero-order valence-corrected chi connectivity index (χ0v) is 11.2. The maximum Gasteiger partial charge on any atom is 0.271 e. The highest BCUT2D eigenvalue weighted by Gasteiger charge is 2.06. The molecule has 104 valence electrons. The molecule has 0 atom stereocenters. The van der Waals surface area contributed by atoms with Crippen LogP contribution in [0, 0.1) is 0 Å². The Morgan fingerprint density at radius 1 is 1.35 bits per heavy atom. The van der Waals surface area contributed by atoms with Crippen LogP contribution in [0.1, 0.15) is 10.5 Å². The summed E-state index contributed by atoms with van der Waals surface area (Å²) in [6.07, 6.45) is 0. The Bertz CT molecular complexity index is 637. The third kappa shape index (κ3) is 4.10. The van der Waals surface area contributed by atoms with Crippen molar-refractivity contribution in [2.75, 3.05) is 13.2 Å². The molecule has 6 nitrogen and oxygen atoms in total. The predicted molar refractivity (Wildman–Crippen MR) is 74.1 cm³/mol. The first-order valence-electron chi connectivity index (χ1n) is 5.87. The van der Waals surface area contributed by atoms with Crippen molar-refractivity contribution < 1.29 is 9.53 Å². The van der Waals surface area contributed by atoms with Crippen molar-refractivity contribution in [2.24, 2.45) is 0 Å². The summed E-state index contributed by atoms with van der Waals surface area (Å²) in [5.41, 5.74) is -0.210. The van der Waals surface area contributed by atoms with Crippen molar-refractivity contribution >= 4 is 17.5 Å². The third-order valence-electron chi connectivity index (χ3n) is 2.36. The van der Waals surface area contributed by atoms with Crippen LogP contribution in [0.4, 0.5) is 0 Å². The molecule has 1 aromatic heterocycles. The highest BCUT2D eigenvalue weighted by molar-refractivity contribution is 6.30. The van der Waals surface area contributed by atoms with Crippen LogP contribution in [0.15, 0.2) is 41.2 Å². The number of carbonyl (C=O) groups is 1. The Hall–Kier alpha value is -2.34. The average Bonchev–Trinajstić information content (AvgIpc) is 2.44. The summed E-state index contributed by atoms with van der Waals surface area (Å²) in [7, 11) is 0. The van der Waals surface area contributed by atoms with Crippen LogP contribution in [0.5, 0.6) is 5.75 Å². The molecule has 0 radical (unpaired) electrons. The lowest BCUT2D eigenvalue weighted by Crippen LogP contribution is -2.29. The maximum absolute atomic E-state index is 11.6.